The van der Waals surface area contributed by atoms with E-state index in [-0.39, 0.29) is 5.69 Å². The third kappa shape index (κ3) is 2.69. The van der Waals surface area contributed by atoms with Gasteiger partial charge in [-0.15, -0.1) is 0 Å². The van der Waals surface area contributed by atoms with Gasteiger partial charge < -0.3 is 15.3 Å². The van der Waals surface area contributed by atoms with Crippen molar-refractivity contribution in [3.05, 3.63) is 70.6 Å². The van der Waals surface area contributed by atoms with Crippen LogP contribution in [0, 0.1) is 5.21 Å². The molecule has 0 aliphatic carbocycles. The van der Waals surface area contributed by atoms with Crippen molar-refractivity contribution in [2.24, 2.45) is 0 Å². The molecule has 7 heteroatoms. The molecule has 5 N–H and O–H groups in total. The maximum Gasteiger partial charge on any atom is 0.321 e. The Balaban J connectivity index is 1.88. The molecule has 3 aromatic rings. The van der Waals surface area contributed by atoms with Crippen molar-refractivity contribution in [1.29, 1.82) is 0 Å². The highest BCUT2D eigenvalue weighted by molar-refractivity contribution is 5.87. The van der Waals surface area contributed by atoms with Gasteiger partial charge in [0.15, 0.2) is 5.69 Å². The van der Waals surface area contributed by atoms with Gasteiger partial charge in [-0.25, -0.2) is 5.21 Å². The smallest absolute Gasteiger partial charge is 0.321 e. The topological polar surface area (TPSA) is 113 Å². The normalized spacial score (nSPS) is 21.0. The van der Waals surface area contributed by atoms with E-state index in [4.69, 9.17) is 0 Å². The predicted octanol–water partition coefficient (Wildman–Crippen LogP) is 1.26. The first-order chi connectivity index (χ1) is 12.0. The van der Waals surface area contributed by atoms with Gasteiger partial charge in [0.25, 0.3) is 0 Å². The molecule has 25 heavy (non-hydrogen) atoms. The molecule has 3 unspecified atom stereocenters. The number of rotatable bonds is 3. The summed E-state index contributed by atoms with van der Waals surface area (Å²) in [6.07, 6.45) is 0.379. The zero-order valence-corrected chi connectivity index (χ0v) is 13.2. The van der Waals surface area contributed by atoms with E-state index < -0.39 is 23.3 Å². The Bertz CT molecular complexity index is 950. The zero-order chi connectivity index (χ0) is 17.6. The molecule has 3 atom stereocenters. The third-order valence-electron chi connectivity index (χ3n) is 4.68. The molecule has 0 amide bonds. The van der Waals surface area contributed by atoms with Gasteiger partial charge in [-0.1, -0.05) is 30.3 Å². The van der Waals surface area contributed by atoms with Crippen LogP contribution in [0.1, 0.15) is 22.9 Å². The van der Waals surface area contributed by atoms with Gasteiger partial charge in [-0.2, -0.15) is 5.23 Å². The van der Waals surface area contributed by atoms with Crippen LogP contribution >= 0.6 is 0 Å². The summed E-state index contributed by atoms with van der Waals surface area (Å²) in [5.41, 5.74) is 3.70. The monoisotopic (exact) mass is 339 g/mol. The maximum atomic E-state index is 11.6. The van der Waals surface area contributed by atoms with Crippen LogP contribution in [0.5, 0.6) is 0 Å². The number of hydrogen-bond acceptors (Lipinski definition) is 4. The standard InChI is InChI=1S/C18H17N3O4/c22-18(23)15-9-13-12-6-1-2-7-14(12)19-17(13)16(20-15)10-4-3-5-11(8-10)21(24)25/h1-8,15-16,19-21,24H,9H2,(H,22,23). The summed E-state index contributed by atoms with van der Waals surface area (Å²) in [4.78, 5) is 15.0. The summed E-state index contributed by atoms with van der Waals surface area (Å²) < 4.78 is 0. The van der Waals surface area contributed by atoms with E-state index >= 15 is 0 Å². The molecular weight excluding hydrogens is 322 g/mol. The summed E-state index contributed by atoms with van der Waals surface area (Å²) in [7, 11) is 0. The number of H-pyrrole nitrogens is 1. The highest BCUT2D eigenvalue weighted by atomic mass is 16.8. The Kier molecular flexibility index (Phi) is 3.78. The highest BCUT2D eigenvalue weighted by Crippen LogP contribution is 2.35. The molecule has 0 saturated carbocycles. The van der Waals surface area contributed by atoms with E-state index in [1.807, 2.05) is 30.3 Å². The van der Waals surface area contributed by atoms with Gasteiger partial charge in [0.2, 0.25) is 0 Å². The van der Waals surface area contributed by atoms with Crippen molar-refractivity contribution in [1.82, 2.24) is 10.3 Å². The SMILES string of the molecule is O=C(O)C1Cc2c([nH]c3ccccc23)C(c2cccc([NH+]([O-])O)c2)N1. The Morgan fingerprint density at radius 2 is 2.00 bits per heavy atom. The van der Waals surface area contributed by atoms with E-state index in [2.05, 4.69) is 10.3 Å². The van der Waals surface area contributed by atoms with E-state index in [1.54, 1.807) is 12.1 Å². The van der Waals surface area contributed by atoms with Crippen LogP contribution in [-0.2, 0) is 11.2 Å². The Morgan fingerprint density at radius 3 is 2.76 bits per heavy atom. The first-order valence-corrected chi connectivity index (χ1v) is 7.96. The van der Waals surface area contributed by atoms with Gasteiger partial charge in [0, 0.05) is 35.2 Å². The number of quaternary nitrogens is 1. The number of aliphatic carboxylic acids is 1. The molecule has 1 aliphatic heterocycles. The molecule has 0 bridgehead atoms. The van der Waals surface area contributed by atoms with Gasteiger partial charge in [-0.05, 0) is 17.2 Å². The number of nitrogens with one attached hydrogen (secondary N) is 3. The number of para-hydroxylation sites is 1. The number of carboxylic acids is 1. The number of carboxylic acid groups (broad SMARTS) is 1. The lowest BCUT2D eigenvalue weighted by atomic mass is 9.90. The zero-order valence-electron chi connectivity index (χ0n) is 13.2. The van der Waals surface area contributed by atoms with Crippen LogP contribution in [0.25, 0.3) is 10.9 Å². The summed E-state index contributed by atoms with van der Waals surface area (Å²) in [6.45, 7) is 0. The number of hydrogen-bond donors (Lipinski definition) is 5. The first kappa shape index (κ1) is 15.8. The van der Waals surface area contributed by atoms with Crippen molar-refractivity contribution < 1.29 is 20.3 Å². The lowest BCUT2D eigenvalue weighted by molar-refractivity contribution is -0.991. The fourth-order valence-corrected chi connectivity index (χ4v) is 3.51. The Hall–Kier alpha value is -2.71. The van der Waals surface area contributed by atoms with Crippen LogP contribution in [-0.4, -0.2) is 27.3 Å². The second kappa shape index (κ2) is 5.98. The predicted molar refractivity (Wildman–Crippen MR) is 90.6 cm³/mol. The molecule has 0 radical (unpaired) electrons. The Labute approximate surface area is 143 Å². The van der Waals surface area contributed by atoms with Crippen LogP contribution < -0.4 is 10.5 Å². The molecule has 0 saturated heterocycles. The number of aromatic amines is 1. The molecule has 1 aliphatic rings. The summed E-state index contributed by atoms with van der Waals surface area (Å²) in [6, 6.07) is 13.2. The van der Waals surface area contributed by atoms with Crippen LogP contribution in [0.2, 0.25) is 0 Å². The van der Waals surface area contributed by atoms with Gasteiger partial charge in [0.05, 0.1) is 6.04 Å². The number of fused-ring (bicyclic) bond motifs is 3. The molecule has 0 spiro atoms. The molecule has 2 aromatic carbocycles. The lowest BCUT2D eigenvalue weighted by Crippen LogP contribution is -2.99. The summed E-state index contributed by atoms with van der Waals surface area (Å²) >= 11 is 0. The van der Waals surface area contributed by atoms with E-state index in [0.29, 0.717) is 6.42 Å². The molecule has 0 fully saturated rings. The van der Waals surface area contributed by atoms with E-state index in [1.165, 1.54) is 6.07 Å². The lowest BCUT2D eigenvalue weighted by Gasteiger charge is -2.29. The quantitative estimate of drug-likeness (QED) is 0.461. The van der Waals surface area contributed by atoms with Crippen molar-refractivity contribution >= 4 is 22.6 Å². The molecule has 1 aromatic heterocycles. The number of benzene rings is 2. The average Bonchev–Trinajstić information content (AvgIpc) is 2.99. The van der Waals surface area contributed by atoms with Crippen LogP contribution in [0.15, 0.2) is 48.5 Å². The minimum Gasteiger partial charge on any atom is -0.595 e. The second-order valence-corrected chi connectivity index (χ2v) is 6.19. The fourth-order valence-electron chi connectivity index (χ4n) is 3.51. The minimum absolute atomic E-state index is 0.175. The van der Waals surface area contributed by atoms with Crippen molar-refractivity contribution in [2.75, 3.05) is 0 Å². The summed E-state index contributed by atoms with van der Waals surface area (Å²) in [5, 5.41) is 33.1. The molecule has 4 rings (SSSR count). The van der Waals surface area contributed by atoms with E-state index in [0.717, 1.165) is 27.7 Å². The van der Waals surface area contributed by atoms with Crippen molar-refractivity contribution in [3.63, 3.8) is 0 Å². The largest absolute Gasteiger partial charge is 0.595 e. The third-order valence-corrected chi connectivity index (χ3v) is 4.68. The van der Waals surface area contributed by atoms with Gasteiger partial charge in [0.1, 0.15) is 6.04 Å². The van der Waals surface area contributed by atoms with Crippen LogP contribution in [0.4, 0.5) is 5.69 Å². The first-order valence-electron chi connectivity index (χ1n) is 7.96. The molecule has 2 heterocycles. The number of aromatic nitrogens is 1. The summed E-state index contributed by atoms with van der Waals surface area (Å²) in [5.74, 6) is -0.921. The molecule has 7 nitrogen and oxygen atoms in total. The maximum absolute atomic E-state index is 11.6. The molecule has 128 valence electrons. The minimum atomic E-state index is -1.01. The van der Waals surface area contributed by atoms with Gasteiger partial charge >= 0.3 is 5.97 Å². The van der Waals surface area contributed by atoms with Crippen molar-refractivity contribution in [2.45, 2.75) is 18.5 Å². The second-order valence-electron chi connectivity index (χ2n) is 6.19. The highest BCUT2D eigenvalue weighted by Gasteiger charge is 2.34. The van der Waals surface area contributed by atoms with Gasteiger partial charge in [-0.3, -0.25) is 10.1 Å². The average molecular weight is 339 g/mol. The Morgan fingerprint density at radius 1 is 1.20 bits per heavy atom. The molecular formula is C18H17N3O4. The fraction of sp³-hybridized carbons (Fsp3) is 0.167. The van der Waals surface area contributed by atoms with E-state index in [9.17, 15) is 20.3 Å². The van der Waals surface area contributed by atoms with Crippen LogP contribution in [0.3, 0.4) is 0 Å². The number of carbonyl (C=O) groups is 1. The van der Waals surface area contributed by atoms with Crippen molar-refractivity contribution in [3.8, 4) is 0 Å².